The maximum absolute atomic E-state index is 11.5. The monoisotopic (exact) mass is 288 g/mol. The van der Waals surface area contributed by atoms with Gasteiger partial charge in [0, 0.05) is 28.9 Å². The van der Waals surface area contributed by atoms with E-state index in [1.165, 1.54) is 4.88 Å². The molecule has 0 bridgehead atoms. The first kappa shape index (κ1) is 13.1. The molecule has 0 saturated carbocycles. The van der Waals surface area contributed by atoms with Gasteiger partial charge in [-0.15, -0.1) is 11.3 Å². The molecule has 0 radical (unpaired) electrons. The Kier molecular flexibility index (Phi) is 3.23. The molecule has 2 unspecified atom stereocenters. The number of hydrogen-bond donors (Lipinski definition) is 2. The standard InChI is InChI=1S/C15H16N2O2S/c1-9(13-4-3-7-20-13)17(2)10-5-6-11-12(8-10)16-15(19)14(11)18/h3-9,14,18H,1-2H3,(H,16,19). The molecule has 2 heterocycles. The lowest BCUT2D eigenvalue weighted by molar-refractivity contribution is -0.123. The van der Waals surface area contributed by atoms with Crippen LogP contribution in [0.25, 0.3) is 0 Å². The normalized spacial score (nSPS) is 18.6. The van der Waals surface area contributed by atoms with Gasteiger partial charge in [0.25, 0.3) is 5.91 Å². The topological polar surface area (TPSA) is 52.6 Å². The average Bonchev–Trinajstić information content (AvgIpc) is 3.07. The molecule has 1 aliphatic heterocycles. The Morgan fingerprint density at radius 3 is 2.90 bits per heavy atom. The van der Waals surface area contributed by atoms with Crippen molar-refractivity contribution in [2.45, 2.75) is 19.1 Å². The fourth-order valence-corrected chi connectivity index (χ4v) is 3.22. The molecular weight excluding hydrogens is 272 g/mol. The molecule has 0 saturated heterocycles. The van der Waals surface area contributed by atoms with E-state index in [1.54, 1.807) is 11.3 Å². The van der Waals surface area contributed by atoms with Crippen LogP contribution < -0.4 is 10.2 Å². The lowest BCUT2D eigenvalue weighted by Gasteiger charge is -2.26. The van der Waals surface area contributed by atoms with Gasteiger partial charge in [0.05, 0.1) is 6.04 Å². The number of benzene rings is 1. The summed E-state index contributed by atoms with van der Waals surface area (Å²) in [5, 5.41) is 14.5. The highest BCUT2D eigenvalue weighted by Gasteiger charge is 2.29. The van der Waals surface area contributed by atoms with Gasteiger partial charge in [-0.1, -0.05) is 12.1 Å². The van der Waals surface area contributed by atoms with E-state index in [0.29, 0.717) is 11.3 Å². The summed E-state index contributed by atoms with van der Waals surface area (Å²) in [6.07, 6.45) is -1.04. The third-order valence-electron chi connectivity index (χ3n) is 3.78. The highest BCUT2D eigenvalue weighted by Crippen LogP contribution is 2.36. The first-order chi connectivity index (χ1) is 9.58. The first-order valence-corrected chi connectivity index (χ1v) is 7.35. The number of thiophene rings is 1. The zero-order valence-electron chi connectivity index (χ0n) is 11.3. The van der Waals surface area contributed by atoms with Crippen LogP contribution in [0.4, 0.5) is 11.4 Å². The summed E-state index contributed by atoms with van der Waals surface area (Å²) < 4.78 is 0. The number of hydrogen-bond acceptors (Lipinski definition) is 4. The van der Waals surface area contributed by atoms with E-state index in [1.807, 2.05) is 31.3 Å². The fraction of sp³-hybridized carbons (Fsp3) is 0.267. The van der Waals surface area contributed by atoms with Crippen LogP contribution in [0, 0.1) is 0 Å². The lowest BCUT2D eigenvalue weighted by Crippen LogP contribution is -2.20. The van der Waals surface area contributed by atoms with Gasteiger partial charge in [0.1, 0.15) is 0 Å². The van der Waals surface area contributed by atoms with E-state index >= 15 is 0 Å². The van der Waals surface area contributed by atoms with Gasteiger partial charge < -0.3 is 15.3 Å². The molecule has 1 amide bonds. The minimum absolute atomic E-state index is 0.259. The predicted octanol–water partition coefficient (Wildman–Crippen LogP) is 2.93. The zero-order valence-corrected chi connectivity index (χ0v) is 12.1. The second-order valence-corrected chi connectivity index (χ2v) is 5.94. The Morgan fingerprint density at radius 2 is 2.20 bits per heavy atom. The molecule has 1 aromatic carbocycles. The number of aliphatic hydroxyl groups excluding tert-OH is 1. The van der Waals surface area contributed by atoms with Crippen molar-refractivity contribution in [3.8, 4) is 0 Å². The number of nitrogens with zero attached hydrogens (tertiary/aromatic N) is 1. The molecule has 0 fully saturated rings. The average molecular weight is 288 g/mol. The Hall–Kier alpha value is -1.85. The summed E-state index contributed by atoms with van der Waals surface area (Å²) in [6, 6.07) is 10.1. The number of carbonyl (C=O) groups excluding carboxylic acids is 1. The van der Waals surface area contributed by atoms with Gasteiger partial charge in [-0.2, -0.15) is 0 Å². The molecule has 20 heavy (non-hydrogen) atoms. The Balaban J connectivity index is 1.89. The second kappa shape index (κ2) is 4.92. The van der Waals surface area contributed by atoms with Crippen LogP contribution in [-0.2, 0) is 4.79 Å². The molecule has 2 atom stereocenters. The number of aliphatic hydroxyl groups is 1. The number of fused-ring (bicyclic) bond motifs is 1. The molecule has 2 aromatic rings. The van der Waals surface area contributed by atoms with Crippen molar-refractivity contribution in [3.63, 3.8) is 0 Å². The quantitative estimate of drug-likeness (QED) is 0.913. The van der Waals surface area contributed by atoms with Gasteiger partial charge in [-0.05, 0) is 30.5 Å². The van der Waals surface area contributed by atoms with E-state index in [4.69, 9.17) is 0 Å². The van der Waals surface area contributed by atoms with Crippen molar-refractivity contribution in [1.82, 2.24) is 0 Å². The fourth-order valence-electron chi connectivity index (χ4n) is 2.40. The minimum atomic E-state index is -1.04. The van der Waals surface area contributed by atoms with Gasteiger partial charge in [0.15, 0.2) is 6.10 Å². The maximum atomic E-state index is 11.5. The first-order valence-electron chi connectivity index (χ1n) is 6.47. The van der Waals surface area contributed by atoms with Crippen LogP contribution in [0.15, 0.2) is 35.7 Å². The molecule has 1 aliphatic rings. The van der Waals surface area contributed by atoms with Crippen LogP contribution in [0.3, 0.4) is 0 Å². The number of carbonyl (C=O) groups is 1. The van der Waals surface area contributed by atoms with Gasteiger partial charge >= 0.3 is 0 Å². The van der Waals surface area contributed by atoms with Crippen LogP contribution in [0.2, 0.25) is 0 Å². The zero-order chi connectivity index (χ0) is 14.3. The van der Waals surface area contributed by atoms with Crippen LogP contribution in [0.1, 0.15) is 29.5 Å². The summed E-state index contributed by atoms with van der Waals surface area (Å²) in [5.74, 6) is -0.355. The Morgan fingerprint density at radius 1 is 1.40 bits per heavy atom. The third-order valence-corrected chi connectivity index (χ3v) is 4.82. The Bertz CT molecular complexity index is 639. The second-order valence-electron chi connectivity index (χ2n) is 4.97. The highest BCUT2D eigenvalue weighted by atomic mass is 32.1. The molecule has 5 heteroatoms. The van der Waals surface area contributed by atoms with E-state index in [-0.39, 0.29) is 11.9 Å². The van der Waals surface area contributed by atoms with Crippen molar-refractivity contribution in [3.05, 3.63) is 46.2 Å². The van der Waals surface area contributed by atoms with Gasteiger partial charge in [-0.3, -0.25) is 4.79 Å². The number of nitrogens with one attached hydrogen (secondary N) is 1. The van der Waals surface area contributed by atoms with Crippen molar-refractivity contribution in [2.75, 3.05) is 17.3 Å². The van der Waals surface area contributed by atoms with E-state index in [2.05, 4.69) is 28.6 Å². The summed E-state index contributed by atoms with van der Waals surface area (Å²) >= 11 is 1.73. The third kappa shape index (κ3) is 2.09. The van der Waals surface area contributed by atoms with Gasteiger partial charge in [-0.25, -0.2) is 0 Å². The largest absolute Gasteiger partial charge is 0.378 e. The molecular formula is C15H16N2O2S. The molecule has 104 valence electrons. The van der Waals surface area contributed by atoms with Crippen LogP contribution in [-0.4, -0.2) is 18.1 Å². The van der Waals surface area contributed by atoms with E-state index in [0.717, 1.165) is 5.69 Å². The summed E-state index contributed by atoms with van der Waals surface area (Å²) in [6.45, 7) is 2.15. The summed E-state index contributed by atoms with van der Waals surface area (Å²) in [7, 11) is 2.03. The summed E-state index contributed by atoms with van der Waals surface area (Å²) in [4.78, 5) is 14.9. The molecule has 3 rings (SSSR count). The molecule has 4 nitrogen and oxygen atoms in total. The number of anilines is 2. The lowest BCUT2D eigenvalue weighted by atomic mass is 10.1. The smallest absolute Gasteiger partial charge is 0.257 e. The van der Waals surface area contributed by atoms with Crippen molar-refractivity contribution >= 4 is 28.6 Å². The van der Waals surface area contributed by atoms with E-state index in [9.17, 15) is 9.90 Å². The van der Waals surface area contributed by atoms with Gasteiger partial charge in [0.2, 0.25) is 0 Å². The molecule has 0 aliphatic carbocycles. The van der Waals surface area contributed by atoms with Crippen LogP contribution >= 0.6 is 11.3 Å². The molecule has 1 aromatic heterocycles. The van der Waals surface area contributed by atoms with Crippen LogP contribution in [0.5, 0.6) is 0 Å². The molecule has 2 N–H and O–H groups in total. The number of amides is 1. The van der Waals surface area contributed by atoms with E-state index < -0.39 is 6.10 Å². The van der Waals surface area contributed by atoms with Crippen molar-refractivity contribution in [1.29, 1.82) is 0 Å². The SMILES string of the molecule is CC(c1cccs1)N(C)c1ccc2c(c1)NC(=O)C2O. The maximum Gasteiger partial charge on any atom is 0.257 e. The highest BCUT2D eigenvalue weighted by molar-refractivity contribution is 7.10. The Labute approximate surface area is 121 Å². The van der Waals surface area contributed by atoms with Crippen molar-refractivity contribution in [2.24, 2.45) is 0 Å². The van der Waals surface area contributed by atoms with Crippen molar-refractivity contribution < 1.29 is 9.90 Å². The predicted molar refractivity (Wildman–Crippen MR) is 81.2 cm³/mol. The minimum Gasteiger partial charge on any atom is -0.378 e. The summed E-state index contributed by atoms with van der Waals surface area (Å²) in [5.41, 5.74) is 2.36. The number of rotatable bonds is 3. The molecule has 0 spiro atoms.